The molecule has 2 aliphatic heterocycles. The van der Waals surface area contributed by atoms with E-state index in [-0.39, 0.29) is 36.1 Å². The third-order valence-electron chi connectivity index (χ3n) is 13.5. The van der Waals surface area contributed by atoms with Gasteiger partial charge in [0.25, 0.3) is 5.91 Å². The van der Waals surface area contributed by atoms with Gasteiger partial charge >= 0.3 is 11.4 Å². The van der Waals surface area contributed by atoms with Crippen LogP contribution in [0, 0.1) is 25.6 Å². The number of nitrogens with one attached hydrogen (secondary N) is 1. The van der Waals surface area contributed by atoms with E-state index in [0.29, 0.717) is 77.6 Å². The van der Waals surface area contributed by atoms with Gasteiger partial charge in [0.1, 0.15) is 35.5 Å². The van der Waals surface area contributed by atoms with Crippen LogP contribution in [-0.2, 0) is 14.8 Å². The van der Waals surface area contributed by atoms with E-state index in [2.05, 4.69) is 22.3 Å². The standard InChI is InChI=1S/C47H51ClFN8O6P/c1-6-64(61,7-2)35-11-9-34(10-12-35)54-18-19-56(46(54)60)42(51-33-22-27(3)40(49)28(4)23-33)39-36(50)14-17-55(41(39)48)43(58)38-25-32-24-31(30-15-20-62-21-16-30)8-13-37(32)57(38)47(26-29(47)5)44-52-45(59)63-53-44/h8-13,18-19,22-25,29-30,41H,6-7,14-17,20-21,26,50H2,1-5H3,(H,52,53,59). The summed E-state index contributed by atoms with van der Waals surface area (Å²) >= 11 is 7.49. The number of aryl methyl sites for hydroxylation is 2. The molecule has 1 saturated heterocycles. The first-order chi connectivity index (χ1) is 30.7. The fourth-order valence-electron chi connectivity index (χ4n) is 9.64. The number of ether oxygens (including phenoxy) is 1. The number of fused-ring (bicyclic) bond motifs is 1. The van der Waals surface area contributed by atoms with E-state index >= 15 is 4.79 Å². The second-order valence-electron chi connectivity index (χ2n) is 17.3. The van der Waals surface area contributed by atoms with Crippen LogP contribution in [0.1, 0.15) is 85.4 Å². The minimum Gasteiger partial charge on any atom is -0.402 e. The molecule has 1 saturated carbocycles. The third-order valence-corrected chi connectivity index (χ3v) is 17.3. The SMILES string of the molecule is CCP(=O)(CC)c1ccc(-n2ccn(C(=Nc3cc(C)c(F)c(C)c3)C3=C(N)CCN(C(=O)c4cc5cc(C6CCOCC6)ccc5n4C4(c5noc(=O)[nH]5)CC4C)C3Cl)c2=O)cc1. The molecule has 6 aromatic rings. The molecule has 17 heteroatoms. The Hall–Kier alpha value is -5.76. The number of benzene rings is 3. The number of aromatic nitrogens is 5. The summed E-state index contributed by atoms with van der Waals surface area (Å²) < 4.78 is 43.8. The monoisotopic (exact) mass is 908 g/mol. The summed E-state index contributed by atoms with van der Waals surface area (Å²) in [6.45, 7) is 10.6. The van der Waals surface area contributed by atoms with Crippen LogP contribution in [0.15, 0.2) is 103 Å². The van der Waals surface area contributed by atoms with Gasteiger partial charge in [0.05, 0.1) is 16.9 Å². The van der Waals surface area contributed by atoms with Gasteiger partial charge in [-0.1, -0.05) is 43.6 Å². The molecular weight excluding hydrogens is 858 g/mol. The van der Waals surface area contributed by atoms with Crippen LogP contribution < -0.4 is 22.5 Å². The smallest absolute Gasteiger partial charge is 0.402 e. The average molecular weight is 909 g/mol. The first-order valence-corrected chi connectivity index (χ1v) is 24.3. The lowest BCUT2D eigenvalue weighted by Gasteiger charge is -2.35. The fourth-order valence-corrected chi connectivity index (χ4v) is 11.9. The van der Waals surface area contributed by atoms with Crippen molar-refractivity contribution >= 4 is 52.4 Å². The summed E-state index contributed by atoms with van der Waals surface area (Å²) in [5.74, 6) is -0.821. The van der Waals surface area contributed by atoms with E-state index in [9.17, 15) is 18.5 Å². The molecule has 64 heavy (non-hydrogen) atoms. The number of aliphatic imine (C=N–C) groups is 1. The lowest BCUT2D eigenvalue weighted by Crippen LogP contribution is -2.47. The van der Waals surface area contributed by atoms with Crippen molar-refractivity contribution in [2.24, 2.45) is 16.6 Å². The second kappa shape index (κ2) is 16.7. The molecule has 0 spiro atoms. The van der Waals surface area contributed by atoms with Gasteiger partial charge in [-0.25, -0.2) is 19.0 Å². The number of amides is 1. The zero-order chi connectivity index (χ0) is 45.2. The van der Waals surface area contributed by atoms with Crippen LogP contribution in [0.5, 0.6) is 0 Å². The quantitative estimate of drug-likeness (QED) is 0.0464. The molecule has 1 amide bonds. The number of halogens is 2. The molecule has 3 aromatic heterocycles. The number of hydrogen-bond acceptors (Lipinski definition) is 9. The maximum atomic E-state index is 15.3. The highest BCUT2D eigenvalue weighted by molar-refractivity contribution is 7.71. The van der Waals surface area contributed by atoms with Crippen molar-refractivity contribution in [1.29, 1.82) is 0 Å². The van der Waals surface area contributed by atoms with Gasteiger partial charge in [-0.15, -0.1) is 0 Å². The maximum Gasteiger partial charge on any atom is 0.438 e. The largest absolute Gasteiger partial charge is 0.438 e. The average Bonchev–Trinajstić information content (AvgIpc) is 3.62. The molecule has 2 fully saturated rings. The summed E-state index contributed by atoms with van der Waals surface area (Å²) in [6, 6.07) is 18.4. The predicted molar refractivity (Wildman–Crippen MR) is 246 cm³/mol. The molecule has 5 heterocycles. The fraction of sp³-hybridized carbons (Fsp3) is 0.383. The van der Waals surface area contributed by atoms with E-state index in [0.717, 1.165) is 34.6 Å². The topological polar surface area (TPSA) is 176 Å². The first-order valence-electron chi connectivity index (χ1n) is 21.8. The zero-order valence-corrected chi connectivity index (χ0v) is 38.1. The van der Waals surface area contributed by atoms with Crippen molar-refractivity contribution in [1.82, 2.24) is 28.7 Å². The number of nitrogens with two attached hydrogens (primary N) is 1. The summed E-state index contributed by atoms with van der Waals surface area (Å²) in [6.07, 6.45) is 6.75. The van der Waals surface area contributed by atoms with Gasteiger partial charge in [-0.3, -0.25) is 23.4 Å². The van der Waals surface area contributed by atoms with Crippen molar-refractivity contribution in [2.75, 3.05) is 32.1 Å². The summed E-state index contributed by atoms with van der Waals surface area (Å²) in [5.41, 5.74) is 8.65. The van der Waals surface area contributed by atoms with Crippen molar-refractivity contribution in [3.8, 4) is 5.69 Å². The molecule has 14 nitrogen and oxygen atoms in total. The van der Waals surface area contributed by atoms with Crippen LogP contribution in [0.4, 0.5) is 10.1 Å². The third kappa shape index (κ3) is 7.31. The Bertz CT molecular complexity index is 3020. The number of alkyl halides is 1. The van der Waals surface area contributed by atoms with Gasteiger partial charge in [0.2, 0.25) is 0 Å². The van der Waals surface area contributed by atoms with Gasteiger partial charge in [-0.05, 0) is 116 Å². The summed E-state index contributed by atoms with van der Waals surface area (Å²) in [5, 5.41) is 5.71. The van der Waals surface area contributed by atoms with Crippen LogP contribution in [0.3, 0.4) is 0 Å². The number of H-pyrrole nitrogens is 1. The van der Waals surface area contributed by atoms with E-state index in [4.69, 9.17) is 31.6 Å². The van der Waals surface area contributed by atoms with Crippen molar-refractivity contribution in [3.63, 3.8) is 0 Å². The van der Waals surface area contributed by atoms with Gasteiger partial charge in [0, 0.05) is 72.8 Å². The molecule has 3 N–H and O–H groups in total. The Kier molecular flexibility index (Phi) is 11.3. The Balaban J connectivity index is 1.15. The molecule has 3 aliphatic rings. The Labute approximate surface area is 373 Å². The first kappa shape index (κ1) is 43.5. The number of carbonyl (C=O) groups excluding carboxylic acids is 1. The predicted octanol–water partition coefficient (Wildman–Crippen LogP) is 7.63. The molecule has 3 atom stereocenters. The van der Waals surface area contributed by atoms with Gasteiger partial charge < -0.3 is 24.5 Å². The van der Waals surface area contributed by atoms with E-state index in [1.165, 1.54) is 14.0 Å². The van der Waals surface area contributed by atoms with Crippen LogP contribution in [0.2, 0.25) is 0 Å². The molecule has 1 aliphatic carbocycles. The van der Waals surface area contributed by atoms with Crippen LogP contribution >= 0.6 is 18.7 Å². The highest BCUT2D eigenvalue weighted by atomic mass is 35.5. The molecular formula is C47H51ClFN8O6P. The van der Waals surface area contributed by atoms with Crippen molar-refractivity contribution in [3.05, 3.63) is 139 Å². The Morgan fingerprint density at radius 3 is 2.34 bits per heavy atom. The van der Waals surface area contributed by atoms with Crippen LogP contribution in [0.25, 0.3) is 16.6 Å². The number of rotatable bonds is 10. The van der Waals surface area contributed by atoms with Crippen LogP contribution in [-0.4, -0.2) is 78.1 Å². The summed E-state index contributed by atoms with van der Waals surface area (Å²) in [4.78, 5) is 51.5. The Morgan fingerprint density at radius 1 is 1.03 bits per heavy atom. The minimum absolute atomic E-state index is 0.0268. The summed E-state index contributed by atoms with van der Waals surface area (Å²) in [7, 11) is -2.56. The minimum atomic E-state index is -2.56. The number of aromatic amines is 1. The van der Waals surface area contributed by atoms with Crippen molar-refractivity contribution < 1.29 is 23.0 Å². The zero-order valence-electron chi connectivity index (χ0n) is 36.4. The molecule has 0 radical (unpaired) electrons. The molecule has 334 valence electrons. The normalized spacial score (nSPS) is 21.0. The van der Waals surface area contributed by atoms with Gasteiger partial charge in [-0.2, -0.15) is 0 Å². The number of hydrogen-bond donors (Lipinski definition) is 2. The van der Waals surface area contributed by atoms with E-state index in [1.54, 1.807) is 62.6 Å². The number of carbonyl (C=O) groups is 1. The van der Waals surface area contributed by atoms with E-state index in [1.807, 2.05) is 37.5 Å². The molecule has 3 unspecified atom stereocenters. The highest BCUT2D eigenvalue weighted by Crippen LogP contribution is 2.56. The van der Waals surface area contributed by atoms with E-state index < -0.39 is 35.5 Å². The lowest BCUT2D eigenvalue weighted by molar-refractivity contribution is 0.0732. The highest BCUT2D eigenvalue weighted by Gasteiger charge is 2.59. The maximum absolute atomic E-state index is 15.3. The Morgan fingerprint density at radius 2 is 1.72 bits per heavy atom. The lowest BCUT2D eigenvalue weighted by atomic mass is 9.91. The van der Waals surface area contributed by atoms with Gasteiger partial charge in [0.15, 0.2) is 5.82 Å². The number of imidazole rings is 1. The number of nitrogens with zero attached hydrogens (tertiary/aromatic N) is 6. The molecule has 9 rings (SSSR count). The molecule has 3 aromatic carbocycles. The molecule has 0 bridgehead atoms. The van der Waals surface area contributed by atoms with Crippen molar-refractivity contribution in [2.45, 2.75) is 77.3 Å². The second-order valence-corrected chi connectivity index (χ2v) is 21.2.